The summed E-state index contributed by atoms with van der Waals surface area (Å²) >= 11 is 6.02. The van der Waals surface area contributed by atoms with Gasteiger partial charge in [0, 0.05) is 35.9 Å². The van der Waals surface area contributed by atoms with Crippen molar-refractivity contribution in [3.8, 4) is 17.0 Å². The van der Waals surface area contributed by atoms with E-state index in [1.165, 1.54) is 47.9 Å². The quantitative estimate of drug-likeness (QED) is 0.617. The number of sulfonamides is 1. The highest BCUT2D eigenvalue weighted by Gasteiger charge is 2.22. The summed E-state index contributed by atoms with van der Waals surface area (Å²) in [6.45, 7) is 4.03. The lowest BCUT2D eigenvalue weighted by atomic mass is 10.1. The highest BCUT2D eigenvalue weighted by atomic mass is 35.5. The molecule has 0 spiro atoms. The van der Waals surface area contributed by atoms with Gasteiger partial charge in [-0.05, 0) is 55.3 Å². The normalized spacial score (nSPS) is 11.8. The molecule has 0 radical (unpaired) electrons. The first-order valence-corrected chi connectivity index (χ1v) is 11.1. The molecule has 0 atom stereocenters. The van der Waals surface area contributed by atoms with E-state index in [0.717, 1.165) is 4.68 Å². The van der Waals surface area contributed by atoms with Crippen molar-refractivity contribution >= 4 is 27.5 Å². The van der Waals surface area contributed by atoms with Crippen molar-refractivity contribution in [3.63, 3.8) is 0 Å². The molecule has 0 aliphatic rings. The van der Waals surface area contributed by atoms with Gasteiger partial charge in [-0.25, -0.2) is 17.4 Å². The second kappa shape index (κ2) is 8.59. The Balaban J connectivity index is 1.98. The molecule has 3 aromatic rings. The van der Waals surface area contributed by atoms with E-state index in [0.29, 0.717) is 34.8 Å². The van der Waals surface area contributed by atoms with Crippen molar-refractivity contribution in [3.05, 3.63) is 64.8 Å². The Morgan fingerprint density at radius 2 is 1.97 bits per heavy atom. The van der Waals surface area contributed by atoms with E-state index in [1.54, 1.807) is 19.1 Å². The first kappa shape index (κ1) is 22.0. The number of aromatic nitrogens is 2. The summed E-state index contributed by atoms with van der Waals surface area (Å²) in [5, 5.41) is 14.9. The summed E-state index contributed by atoms with van der Waals surface area (Å²) in [6, 6.07) is 10.4. The van der Waals surface area contributed by atoms with Crippen LogP contribution in [-0.2, 0) is 10.0 Å². The fourth-order valence-corrected chi connectivity index (χ4v) is 4.55. The van der Waals surface area contributed by atoms with Crippen LogP contribution in [0.15, 0.2) is 53.6 Å². The van der Waals surface area contributed by atoms with Crippen molar-refractivity contribution in [2.24, 2.45) is 0 Å². The number of carbonyl (C=O) groups excluding carboxylic acids is 1. The molecule has 3 rings (SSSR count). The number of benzene rings is 2. The van der Waals surface area contributed by atoms with Crippen LogP contribution in [0.25, 0.3) is 11.3 Å². The molecular weight excluding hydrogens is 426 g/mol. The summed E-state index contributed by atoms with van der Waals surface area (Å²) < 4.78 is 27.8. The molecule has 158 valence electrons. The molecule has 7 nitrogen and oxygen atoms in total. The molecule has 30 heavy (non-hydrogen) atoms. The van der Waals surface area contributed by atoms with Crippen LogP contribution in [0.3, 0.4) is 0 Å². The Hall–Kier alpha value is -2.68. The Morgan fingerprint density at radius 3 is 2.67 bits per heavy atom. The molecular formula is C21H22ClN3O4S. The third-order valence-electron chi connectivity index (χ3n) is 4.65. The third-order valence-corrected chi connectivity index (χ3v) is 6.73. The minimum Gasteiger partial charge on any atom is -0.507 e. The van der Waals surface area contributed by atoms with Crippen molar-refractivity contribution < 1.29 is 18.3 Å². The van der Waals surface area contributed by atoms with Crippen molar-refractivity contribution in [2.75, 3.05) is 13.6 Å². The molecule has 1 aromatic heterocycles. The predicted octanol–water partition coefficient (Wildman–Crippen LogP) is 3.94. The summed E-state index contributed by atoms with van der Waals surface area (Å²) in [7, 11) is -2.18. The van der Waals surface area contributed by atoms with E-state index in [4.69, 9.17) is 11.6 Å². The highest BCUT2D eigenvalue weighted by molar-refractivity contribution is 7.89. The number of aromatic hydroxyl groups is 1. The number of phenols is 1. The van der Waals surface area contributed by atoms with E-state index >= 15 is 0 Å². The Labute approximate surface area is 180 Å². The molecule has 0 amide bonds. The van der Waals surface area contributed by atoms with Gasteiger partial charge in [-0.15, -0.1) is 0 Å². The van der Waals surface area contributed by atoms with E-state index in [1.807, 2.05) is 6.92 Å². The smallest absolute Gasteiger partial charge is 0.278 e. The fourth-order valence-electron chi connectivity index (χ4n) is 3.07. The van der Waals surface area contributed by atoms with Gasteiger partial charge in [-0.3, -0.25) is 4.79 Å². The molecule has 1 N–H and O–H groups in total. The molecule has 0 bridgehead atoms. The van der Waals surface area contributed by atoms with Gasteiger partial charge in [-0.2, -0.15) is 5.10 Å². The zero-order valence-electron chi connectivity index (χ0n) is 16.8. The number of aryl methyl sites for hydroxylation is 1. The Bertz CT molecular complexity index is 1200. The SMILES string of the molecule is CCCN(C)S(=O)(=O)c1cccc(C(=O)n2cc(C)c(-c3cc(Cl)ccc3O)n2)c1. The van der Waals surface area contributed by atoms with Crippen LogP contribution in [0.4, 0.5) is 0 Å². The number of carbonyl (C=O) groups is 1. The van der Waals surface area contributed by atoms with Crippen molar-refractivity contribution in [1.29, 1.82) is 0 Å². The molecule has 0 aliphatic heterocycles. The van der Waals surface area contributed by atoms with E-state index in [9.17, 15) is 18.3 Å². The average Bonchev–Trinajstić information content (AvgIpc) is 3.11. The average molecular weight is 448 g/mol. The first-order valence-electron chi connectivity index (χ1n) is 9.31. The van der Waals surface area contributed by atoms with Gasteiger partial charge in [0.1, 0.15) is 5.75 Å². The van der Waals surface area contributed by atoms with Crippen molar-refractivity contribution in [1.82, 2.24) is 14.1 Å². The van der Waals surface area contributed by atoms with Gasteiger partial charge < -0.3 is 5.11 Å². The second-order valence-electron chi connectivity index (χ2n) is 6.93. The topological polar surface area (TPSA) is 92.5 Å². The number of nitrogens with zero attached hydrogens (tertiary/aromatic N) is 3. The lowest BCUT2D eigenvalue weighted by Crippen LogP contribution is -2.28. The highest BCUT2D eigenvalue weighted by Crippen LogP contribution is 2.32. The lowest BCUT2D eigenvalue weighted by molar-refractivity contribution is 0.0945. The zero-order chi connectivity index (χ0) is 22.1. The first-order chi connectivity index (χ1) is 14.1. The molecule has 0 saturated heterocycles. The molecule has 2 aromatic carbocycles. The Kier molecular flexibility index (Phi) is 6.30. The van der Waals surface area contributed by atoms with E-state index < -0.39 is 15.9 Å². The van der Waals surface area contributed by atoms with Gasteiger partial charge in [0.05, 0.1) is 10.6 Å². The zero-order valence-corrected chi connectivity index (χ0v) is 18.4. The van der Waals surface area contributed by atoms with Crippen LogP contribution in [0.2, 0.25) is 5.02 Å². The minimum atomic E-state index is -3.69. The van der Waals surface area contributed by atoms with Crippen LogP contribution >= 0.6 is 11.6 Å². The summed E-state index contributed by atoms with van der Waals surface area (Å²) in [5.41, 5.74) is 1.66. The van der Waals surface area contributed by atoms with Crippen LogP contribution in [-0.4, -0.2) is 47.1 Å². The van der Waals surface area contributed by atoms with Crippen LogP contribution in [0.5, 0.6) is 5.75 Å². The summed E-state index contributed by atoms with van der Waals surface area (Å²) in [6.07, 6.45) is 2.21. The minimum absolute atomic E-state index is 0.00717. The number of phenolic OH excluding ortho intramolecular Hbond substituents is 1. The maximum Gasteiger partial charge on any atom is 0.278 e. The van der Waals surface area contributed by atoms with Gasteiger partial charge in [0.15, 0.2) is 0 Å². The monoisotopic (exact) mass is 447 g/mol. The van der Waals surface area contributed by atoms with Gasteiger partial charge in [-0.1, -0.05) is 24.6 Å². The Morgan fingerprint density at radius 1 is 1.23 bits per heavy atom. The maximum atomic E-state index is 13.0. The summed E-state index contributed by atoms with van der Waals surface area (Å²) in [5.74, 6) is -0.492. The summed E-state index contributed by atoms with van der Waals surface area (Å²) in [4.78, 5) is 13.0. The lowest BCUT2D eigenvalue weighted by Gasteiger charge is -2.16. The molecule has 0 fully saturated rings. The van der Waals surface area contributed by atoms with Gasteiger partial charge >= 0.3 is 0 Å². The van der Waals surface area contributed by atoms with Crippen LogP contribution in [0.1, 0.15) is 29.3 Å². The van der Waals surface area contributed by atoms with Crippen LogP contribution in [0, 0.1) is 6.92 Å². The maximum absolute atomic E-state index is 13.0. The number of hydrogen-bond donors (Lipinski definition) is 1. The third kappa shape index (κ3) is 4.26. The molecule has 9 heteroatoms. The molecule has 0 saturated carbocycles. The van der Waals surface area contributed by atoms with E-state index in [2.05, 4.69) is 5.10 Å². The molecule has 1 heterocycles. The predicted molar refractivity (Wildman–Crippen MR) is 115 cm³/mol. The van der Waals surface area contributed by atoms with E-state index in [-0.39, 0.29) is 16.2 Å². The largest absolute Gasteiger partial charge is 0.507 e. The number of hydrogen-bond acceptors (Lipinski definition) is 5. The van der Waals surface area contributed by atoms with Gasteiger partial charge in [0.25, 0.3) is 5.91 Å². The van der Waals surface area contributed by atoms with Gasteiger partial charge in [0.2, 0.25) is 10.0 Å². The number of halogens is 1. The molecule has 0 aliphatic carbocycles. The van der Waals surface area contributed by atoms with Crippen molar-refractivity contribution in [2.45, 2.75) is 25.2 Å². The van der Waals surface area contributed by atoms with Crippen LogP contribution < -0.4 is 0 Å². The standard InChI is InChI=1S/C21H22ClN3O4S/c1-4-10-24(3)30(28,29)17-7-5-6-15(11-17)21(27)25-13-14(2)20(23-25)18-12-16(22)8-9-19(18)26/h5-9,11-13,26H,4,10H2,1-3H3. The fraction of sp³-hybridized carbons (Fsp3) is 0.238. The number of rotatable bonds is 6. The second-order valence-corrected chi connectivity index (χ2v) is 9.41. The molecule has 0 unspecified atom stereocenters.